The Bertz CT molecular complexity index is 590. The van der Waals surface area contributed by atoms with Crippen molar-refractivity contribution >= 4 is 0 Å². The van der Waals surface area contributed by atoms with Gasteiger partial charge in [0.05, 0.1) is 50.8 Å². The van der Waals surface area contributed by atoms with Crippen molar-refractivity contribution in [3.05, 3.63) is 0 Å². The predicted molar refractivity (Wildman–Crippen MR) is 109 cm³/mol. The Labute approximate surface area is 185 Å². The zero-order chi connectivity index (χ0) is 21.4. The van der Waals surface area contributed by atoms with Crippen LogP contribution in [0.5, 0.6) is 0 Å². The van der Waals surface area contributed by atoms with Crippen molar-refractivity contribution in [2.75, 3.05) is 26.4 Å². The first-order chi connectivity index (χ1) is 15.1. The van der Waals surface area contributed by atoms with Gasteiger partial charge in [0.15, 0.2) is 18.9 Å². The molecule has 0 aromatic rings. The van der Waals surface area contributed by atoms with Gasteiger partial charge in [-0.15, -0.1) is 0 Å². The number of fused-ring (bicyclic) bond motifs is 1. The molecule has 178 valence electrons. The monoisotopic (exact) mass is 442 g/mol. The molecule has 4 aliphatic heterocycles. The summed E-state index contributed by atoms with van der Waals surface area (Å²) >= 11 is 0. The summed E-state index contributed by atoms with van der Waals surface area (Å²) in [4.78, 5) is 0. The number of rotatable bonds is 11. The van der Waals surface area contributed by atoms with Crippen LogP contribution in [0.25, 0.3) is 0 Å². The van der Waals surface area contributed by atoms with E-state index in [1.54, 1.807) is 0 Å². The van der Waals surface area contributed by atoms with E-state index in [9.17, 15) is 0 Å². The fraction of sp³-hybridized carbons (Fsp3) is 1.00. The summed E-state index contributed by atoms with van der Waals surface area (Å²) in [7, 11) is 0. The molecule has 11 atom stereocenters. The Balaban J connectivity index is 0.952. The summed E-state index contributed by atoms with van der Waals surface area (Å²) in [5.41, 5.74) is 0. The molecule has 5 rings (SSSR count). The number of hydrogen-bond acceptors (Lipinski definition) is 8. The van der Waals surface area contributed by atoms with Crippen molar-refractivity contribution < 1.29 is 37.9 Å². The van der Waals surface area contributed by atoms with E-state index < -0.39 is 0 Å². The van der Waals surface area contributed by atoms with E-state index in [0.717, 1.165) is 32.1 Å². The van der Waals surface area contributed by atoms with E-state index >= 15 is 0 Å². The second-order valence-electron chi connectivity index (χ2n) is 9.72. The topological polar surface area (TPSA) is 80.4 Å². The highest BCUT2D eigenvalue weighted by Crippen LogP contribution is 2.42. The number of hydrogen-bond donors (Lipinski definition) is 0. The lowest BCUT2D eigenvalue weighted by atomic mass is 9.89. The Hall–Kier alpha value is -0.320. The van der Waals surface area contributed by atoms with Gasteiger partial charge in [-0.2, -0.15) is 0 Å². The maximum Gasteiger partial charge on any atom is 0.161 e. The normalized spacial score (nSPS) is 46.0. The molecule has 0 aromatic heterocycles. The maximum absolute atomic E-state index is 6.09. The molecule has 1 saturated carbocycles. The zero-order valence-corrected chi connectivity index (χ0v) is 19.0. The van der Waals surface area contributed by atoms with Crippen molar-refractivity contribution in [1.82, 2.24) is 0 Å². The highest BCUT2D eigenvalue weighted by atomic mass is 16.8. The van der Waals surface area contributed by atoms with E-state index in [1.165, 1.54) is 0 Å². The molecule has 4 heterocycles. The second-order valence-corrected chi connectivity index (χ2v) is 9.72. The van der Waals surface area contributed by atoms with Crippen LogP contribution in [0.15, 0.2) is 0 Å². The third-order valence-corrected chi connectivity index (χ3v) is 7.29. The van der Waals surface area contributed by atoms with Crippen molar-refractivity contribution in [3.8, 4) is 0 Å². The summed E-state index contributed by atoms with van der Waals surface area (Å²) in [6.45, 7) is 8.26. The van der Waals surface area contributed by atoms with Crippen LogP contribution >= 0.6 is 0 Å². The molecule has 8 nitrogen and oxygen atoms in total. The lowest BCUT2D eigenvalue weighted by Crippen LogP contribution is -2.30. The van der Waals surface area contributed by atoms with Crippen molar-refractivity contribution in [3.63, 3.8) is 0 Å². The molecule has 4 saturated heterocycles. The van der Waals surface area contributed by atoms with Crippen LogP contribution in [0.4, 0.5) is 0 Å². The molecular formula is C23H38O8. The van der Waals surface area contributed by atoms with E-state index in [2.05, 4.69) is 13.8 Å². The van der Waals surface area contributed by atoms with Crippen molar-refractivity contribution in [1.29, 1.82) is 0 Å². The largest absolute Gasteiger partial charge is 0.370 e. The standard InChI is InChI=1S/C23H38O8/c1-4-15(7-20-13(2)28-20)22-26-11-17(29-22)9-24-14(3)25-10-18-12-27-23(30-18)16-5-6-19-21(8-16)31-19/h13-23H,4-12H2,1-3H3. The first kappa shape index (κ1) is 22.5. The second kappa shape index (κ2) is 9.89. The molecule has 5 aliphatic rings. The Morgan fingerprint density at radius 3 is 2.35 bits per heavy atom. The summed E-state index contributed by atoms with van der Waals surface area (Å²) in [6.07, 6.45) is 6.28. The first-order valence-electron chi connectivity index (χ1n) is 12.2. The van der Waals surface area contributed by atoms with E-state index in [-0.39, 0.29) is 31.1 Å². The summed E-state index contributed by atoms with van der Waals surface area (Å²) in [5, 5.41) is 0. The predicted octanol–water partition coefficient (Wildman–Crippen LogP) is 2.62. The first-order valence-corrected chi connectivity index (χ1v) is 12.2. The van der Waals surface area contributed by atoms with Gasteiger partial charge in [0.25, 0.3) is 0 Å². The summed E-state index contributed by atoms with van der Waals surface area (Å²) in [6, 6.07) is 0. The van der Waals surface area contributed by atoms with Crippen LogP contribution in [0.2, 0.25) is 0 Å². The minimum absolute atomic E-state index is 0.0401. The fourth-order valence-corrected chi connectivity index (χ4v) is 5.07. The lowest BCUT2D eigenvalue weighted by Gasteiger charge is -2.24. The molecule has 5 fully saturated rings. The molecule has 0 amide bonds. The van der Waals surface area contributed by atoms with Crippen LogP contribution in [0.1, 0.15) is 52.9 Å². The summed E-state index contributed by atoms with van der Waals surface area (Å²) < 4.78 is 46.8. The van der Waals surface area contributed by atoms with Gasteiger partial charge in [-0.25, -0.2) is 0 Å². The van der Waals surface area contributed by atoms with Crippen molar-refractivity contribution in [2.45, 2.75) is 108 Å². The Morgan fingerprint density at radius 2 is 1.65 bits per heavy atom. The average molecular weight is 443 g/mol. The average Bonchev–Trinajstić information content (AvgIpc) is 3.56. The molecule has 0 N–H and O–H groups in total. The fourth-order valence-electron chi connectivity index (χ4n) is 5.07. The smallest absolute Gasteiger partial charge is 0.161 e. The molecular weight excluding hydrogens is 404 g/mol. The lowest BCUT2D eigenvalue weighted by molar-refractivity contribution is -0.175. The van der Waals surface area contributed by atoms with Crippen LogP contribution in [0, 0.1) is 11.8 Å². The molecule has 31 heavy (non-hydrogen) atoms. The molecule has 0 radical (unpaired) electrons. The Kier molecular flexibility index (Phi) is 7.17. The molecule has 1 aliphatic carbocycles. The summed E-state index contributed by atoms with van der Waals surface area (Å²) in [5.74, 6) is 0.805. The van der Waals surface area contributed by atoms with Gasteiger partial charge >= 0.3 is 0 Å². The highest BCUT2D eigenvalue weighted by Gasteiger charge is 2.47. The van der Waals surface area contributed by atoms with Gasteiger partial charge in [0.2, 0.25) is 0 Å². The van der Waals surface area contributed by atoms with Gasteiger partial charge in [0.1, 0.15) is 12.2 Å². The number of epoxide rings is 2. The van der Waals surface area contributed by atoms with E-state index in [1.807, 2.05) is 6.92 Å². The molecule has 11 unspecified atom stereocenters. The highest BCUT2D eigenvalue weighted by molar-refractivity contribution is 4.93. The maximum atomic E-state index is 6.09. The van der Waals surface area contributed by atoms with E-state index in [0.29, 0.717) is 62.7 Å². The van der Waals surface area contributed by atoms with Gasteiger partial charge in [-0.3, -0.25) is 0 Å². The zero-order valence-electron chi connectivity index (χ0n) is 19.0. The third-order valence-electron chi connectivity index (χ3n) is 7.29. The Morgan fingerprint density at radius 1 is 0.903 bits per heavy atom. The van der Waals surface area contributed by atoms with Crippen LogP contribution < -0.4 is 0 Å². The van der Waals surface area contributed by atoms with E-state index in [4.69, 9.17) is 37.9 Å². The minimum Gasteiger partial charge on any atom is -0.370 e. The minimum atomic E-state index is -0.330. The molecule has 8 heteroatoms. The quantitative estimate of drug-likeness (QED) is 0.357. The molecule has 0 spiro atoms. The van der Waals surface area contributed by atoms with Crippen molar-refractivity contribution in [2.24, 2.45) is 11.8 Å². The molecule has 0 aromatic carbocycles. The molecule has 0 bridgehead atoms. The van der Waals surface area contributed by atoms with Gasteiger partial charge in [-0.05, 0) is 46.0 Å². The van der Waals surface area contributed by atoms with Crippen LogP contribution in [0.3, 0.4) is 0 Å². The van der Waals surface area contributed by atoms with Gasteiger partial charge in [-0.1, -0.05) is 6.92 Å². The number of ether oxygens (including phenoxy) is 8. The van der Waals surface area contributed by atoms with Gasteiger partial charge < -0.3 is 37.9 Å². The third kappa shape index (κ3) is 5.79. The SMILES string of the molecule is CCC(CC1OC1C)C1OCC(COC(C)OCC2COC(C3CCC4OC4C3)O2)O1. The van der Waals surface area contributed by atoms with Crippen LogP contribution in [-0.2, 0) is 37.9 Å². The van der Waals surface area contributed by atoms with Gasteiger partial charge in [0, 0.05) is 11.8 Å². The van der Waals surface area contributed by atoms with Crippen LogP contribution in [-0.4, -0.2) is 81.9 Å².